The molecule has 2 aliphatic heterocycles. The van der Waals surface area contributed by atoms with Gasteiger partial charge in [-0.2, -0.15) is 0 Å². The average molecular weight is 521 g/mol. The Morgan fingerprint density at radius 3 is 0.921 bits per heavy atom. The number of hydrogen-bond acceptors (Lipinski definition) is 5. The molecule has 1 aromatic rings. The summed E-state index contributed by atoms with van der Waals surface area (Å²) in [5.41, 5.74) is -3.07. The maximum Gasteiger partial charge on any atom is 0.237 e. The molecule has 0 N–H and O–H groups in total. The van der Waals surface area contributed by atoms with Crippen LogP contribution in [0.15, 0.2) is 61.7 Å². The third kappa shape index (κ3) is 6.36. The van der Waals surface area contributed by atoms with E-state index in [0.29, 0.717) is 0 Å². The first-order chi connectivity index (χ1) is 17.1. The van der Waals surface area contributed by atoms with Gasteiger partial charge in [-0.1, -0.05) is 95.2 Å². The van der Waals surface area contributed by atoms with E-state index >= 15 is 0 Å². The van der Waals surface area contributed by atoms with E-state index in [-0.39, 0.29) is 43.9 Å². The van der Waals surface area contributed by atoms with E-state index in [1.54, 1.807) is 12.2 Å². The molecule has 0 amide bonds. The fourth-order valence-corrected chi connectivity index (χ4v) is 4.26. The molecule has 5 heteroatoms. The maximum absolute atomic E-state index is 13.5. The Bertz CT molecular complexity index is 1320. The van der Waals surface area contributed by atoms with Gasteiger partial charge in [-0.05, 0) is 24.3 Å². The van der Waals surface area contributed by atoms with Crippen LogP contribution in [0.3, 0.4) is 0 Å². The summed E-state index contributed by atoms with van der Waals surface area (Å²) >= 11 is 0. The summed E-state index contributed by atoms with van der Waals surface area (Å²) in [6, 6.07) is 0. The Morgan fingerprint density at radius 1 is 0.474 bits per heavy atom. The fraction of sp³-hybridized carbons (Fsp3) is 0.545. The van der Waals surface area contributed by atoms with Gasteiger partial charge in [0.1, 0.15) is 23.0 Å². The van der Waals surface area contributed by atoms with Crippen molar-refractivity contribution >= 4 is 12.2 Å². The average Bonchev–Trinajstić information content (AvgIpc) is 2.94. The van der Waals surface area contributed by atoms with Crippen molar-refractivity contribution in [2.75, 3.05) is 0 Å². The molecule has 206 valence electrons. The third-order valence-corrected chi connectivity index (χ3v) is 6.67. The zero-order chi connectivity index (χ0) is 29.0. The van der Waals surface area contributed by atoms with Gasteiger partial charge in [0.15, 0.2) is 0 Å². The van der Waals surface area contributed by atoms with Crippen LogP contribution < -0.4 is 26.7 Å². The van der Waals surface area contributed by atoms with Crippen LogP contribution in [0.4, 0.5) is 0 Å². The summed E-state index contributed by atoms with van der Waals surface area (Å²) in [6.45, 7) is 24.6. The molecule has 0 atom stereocenters. The van der Waals surface area contributed by atoms with Crippen molar-refractivity contribution in [3.05, 3.63) is 88.4 Å². The van der Waals surface area contributed by atoms with Gasteiger partial charge in [0, 0.05) is 33.5 Å². The van der Waals surface area contributed by atoms with E-state index < -0.39 is 16.3 Å². The van der Waals surface area contributed by atoms with Crippen LogP contribution in [0.1, 0.15) is 83.1 Å². The molecular formula is C33H44O5. The normalized spacial score (nSPS) is 19.5. The van der Waals surface area contributed by atoms with Crippen LogP contribution in [0, 0.1) is 33.5 Å². The topological polar surface area (TPSA) is 69.7 Å². The lowest BCUT2D eigenvalue weighted by Gasteiger charge is -2.33. The molecular weight excluding hydrogens is 476 g/mol. The second-order valence-electron chi connectivity index (χ2n) is 14.6. The van der Waals surface area contributed by atoms with Crippen LogP contribution in [-0.4, -0.2) is 0 Å². The molecule has 0 bridgehead atoms. The summed E-state index contributed by atoms with van der Waals surface area (Å²) < 4.78 is 12.4. The van der Waals surface area contributed by atoms with Crippen molar-refractivity contribution < 1.29 is 9.47 Å². The molecule has 3 rings (SSSR count). The summed E-state index contributed by atoms with van der Waals surface area (Å²) in [7, 11) is 0. The van der Waals surface area contributed by atoms with E-state index in [9.17, 15) is 14.4 Å². The van der Waals surface area contributed by atoms with E-state index in [1.807, 2.05) is 24.3 Å². The zero-order valence-corrected chi connectivity index (χ0v) is 25.2. The molecule has 1 aromatic carbocycles. The fourth-order valence-electron chi connectivity index (χ4n) is 4.26. The first-order valence-electron chi connectivity index (χ1n) is 13.4. The minimum absolute atomic E-state index is 0.0747. The van der Waals surface area contributed by atoms with Crippen LogP contribution in [0.5, 0.6) is 0 Å². The smallest absolute Gasteiger partial charge is 0.237 e. The highest BCUT2D eigenvalue weighted by atomic mass is 16.5. The van der Waals surface area contributed by atoms with Crippen molar-refractivity contribution in [1.82, 2.24) is 0 Å². The Balaban J connectivity index is 2.22. The molecule has 5 nitrogen and oxygen atoms in total. The van der Waals surface area contributed by atoms with Crippen LogP contribution in [0.2, 0.25) is 0 Å². The standard InChI is InChI=1S/C33H44O5/c1-30(2,3)23-15-19(16-24(37-23)31(4,5)6)13-21-27(34)22(29(36)28(21)35)14-20-17-25(32(7,8)9)38-26(18-20)33(10,11)12/h13-20H,1-12H3. The highest BCUT2D eigenvalue weighted by Crippen LogP contribution is 2.40. The van der Waals surface area contributed by atoms with Crippen molar-refractivity contribution in [2.24, 2.45) is 33.5 Å². The zero-order valence-electron chi connectivity index (χ0n) is 25.2. The quantitative estimate of drug-likeness (QED) is 0.501. The molecule has 0 spiro atoms. The molecule has 0 radical (unpaired) electrons. The predicted molar refractivity (Wildman–Crippen MR) is 155 cm³/mol. The predicted octanol–water partition coefficient (Wildman–Crippen LogP) is 5.22. The second-order valence-corrected chi connectivity index (χ2v) is 14.6. The second kappa shape index (κ2) is 9.66. The molecule has 0 fully saturated rings. The summed E-state index contributed by atoms with van der Waals surface area (Å²) in [6.07, 6.45) is 10.9. The lowest BCUT2D eigenvalue weighted by atomic mass is 9.85. The summed E-state index contributed by atoms with van der Waals surface area (Å²) in [5, 5.41) is -0.149. The largest absolute Gasteiger partial charge is 0.466 e. The maximum atomic E-state index is 13.5. The van der Waals surface area contributed by atoms with Gasteiger partial charge in [-0.15, -0.1) is 0 Å². The number of ether oxygens (including phenoxy) is 2. The SMILES string of the molecule is CC(C)(C)C1=CC(C=c2c(=O)c(=O)c(=CC3C=C(C(C)(C)C)OC(C(C)(C)C)=C3)c2=O)C=C(C(C)(C)C)O1. The molecule has 0 aromatic heterocycles. The van der Waals surface area contributed by atoms with Crippen LogP contribution >= 0.6 is 0 Å². The van der Waals surface area contributed by atoms with E-state index in [1.165, 1.54) is 0 Å². The summed E-state index contributed by atoms with van der Waals surface area (Å²) in [5.74, 6) is 2.40. The van der Waals surface area contributed by atoms with Gasteiger partial charge in [0.2, 0.25) is 16.3 Å². The molecule has 38 heavy (non-hydrogen) atoms. The number of rotatable bonds is 2. The Kier molecular flexibility index (Phi) is 7.53. The number of hydrogen-bond donors (Lipinski definition) is 0. The minimum atomic E-state index is -0.753. The van der Waals surface area contributed by atoms with Crippen molar-refractivity contribution in [3.63, 3.8) is 0 Å². The van der Waals surface area contributed by atoms with Crippen LogP contribution in [0.25, 0.3) is 12.2 Å². The van der Waals surface area contributed by atoms with E-state index in [2.05, 4.69) is 83.1 Å². The van der Waals surface area contributed by atoms with Gasteiger partial charge >= 0.3 is 0 Å². The lowest BCUT2D eigenvalue weighted by Crippen LogP contribution is -2.37. The van der Waals surface area contributed by atoms with E-state index in [4.69, 9.17) is 9.47 Å². The van der Waals surface area contributed by atoms with Gasteiger partial charge in [-0.25, -0.2) is 0 Å². The van der Waals surface area contributed by atoms with Gasteiger partial charge < -0.3 is 9.47 Å². The van der Waals surface area contributed by atoms with Gasteiger partial charge in [0.05, 0.1) is 10.4 Å². The van der Waals surface area contributed by atoms with Crippen molar-refractivity contribution in [1.29, 1.82) is 0 Å². The Labute approximate surface area is 226 Å². The molecule has 0 aliphatic carbocycles. The van der Waals surface area contributed by atoms with Gasteiger partial charge in [-0.3, -0.25) is 14.4 Å². The molecule has 2 aliphatic rings. The summed E-state index contributed by atoms with van der Waals surface area (Å²) in [4.78, 5) is 39.5. The molecule has 0 unspecified atom stereocenters. The number of allylic oxidation sites excluding steroid dienone is 8. The molecule has 2 heterocycles. The lowest BCUT2D eigenvalue weighted by molar-refractivity contribution is 0.155. The first kappa shape index (κ1) is 29.6. The van der Waals surface area contributed by atoms with E-state index in [0.717, 1.165) is 23.0 Å². The highest BCUT2D eigenvalue weighted by molar-refractivity contribution is 5.44. The first-order valence-corrected chi connectivity index (χ1v) is 13.4. The minimum Gasteiger partial charge on any atom is -0.466 e. The molecule has 0 saturated carbocycles. The monoisotopic (exact) mass is 520 g/mol. The Hall–Kier alpha value is -2.95. The van der Waals surface area contributed by atoms with Crippen molar-refractivity contribution in [3.8, 4) is 0 Å². The van der Waals surface area contributed by atoms with Crippen molar-refractivity contribution in [2.45, 2.75) is 83.1 Å². The van der Waals surface area contributed by atoms with Gasteiger partial charge in [0.25, 0.3) is 0 Å². The van der Waals surface area contributed by atoms with Crippen LogP contribution in [-0.2, 0) is 9.47 Å². The molecule has 0 saturated heterocycles. The highest BCUT2D eigenvalue weighted by Gasteiger charge is 2.31. The third-order valence-electron chi connectivity index (χ3n) is 6.67. The Morgan fingerprint density at radius 2 is 0.711 bits per heavy atom.